The highest BCUT2D eigenvalue weighted by molar-refractivity contribution is 7.46. The van der Waals surface area contributed by atoms with Crippen LogP contribution in [0.3, 0.4) is 0 Å². The van der Waals surface area contributed by atoms with Crippen molar-refractivity contribution in [2.45, 2.75) is 6.92 Å². The van der Waals surface area contributed by atoms with Gasteiger partial charge in [0.15, 0.2) is 0 Å². The number of nitrogens with two attached hydrogens (primary N) is 1. The van der Waals surface area contributed by atoms with E-state index in [1.807, 2.05) is 36.4 Å². The van der Waals surface area contributed by atoms with Crippen molar-refractivity contribution in [3.05, 3.63) is 36.4 Å². The van der Waals surface area contributed by atoms with Crippen LogP contribution >= 0.6 is 7.82 Å². The summed E-state index contributed by atoms with van der Waals surface area (Å²) >= 11 is 0. The molecule has 0 aliphatic rings. The van der Waals surface area contributed by atoms with E-state index in [0.717, 1.165) is 0 Å². The zero-order valence-corrected chi connectivity index (χ0v) is 11.9. The third kappa shape index (κ3) is 22.4. The van der Waals surface area contributed by atoms with Gasteiger partial charge in [0.05, 0.1) is 6.61 Å². The Morgan fingerprint density at radius 2 is 1.53 bits per heavy atom. The Labute approximate surface area is 113 Å². The smallest absolute Gasteiger partial charge is 0.354 e. The van der Waals surface area contributed by atoms with Crippen molar-refractivity contribution in [1.82, 2.24) is 5.32 Å². The maximum Gasteiger partial charge on any atom is 0.469 e. The molecule has 0 aromatic heterocycles. The average molecular weight is 292 g/mol. The van der Waals surface area contributed by atoms with Crippen molar-refractivity contribution in [3.8, 4) is 0 Å². The van der Waals surface area contributed by atoms with E-state index in [0.29, 0.717) is 0 Å². The lowest BCUT2D eigenvalue weighted by Crippen LogP contribution is -2.23. The number of carbonyl (C=O) groups is 1. The van der Waals surface area contributed by atoms with Gasteiger partial charge in [-0.05, 0) is 7.05 Å². The number of benzene rings is 1. The number of phosphoric acid groups is 1. The molecule has 0 heterocycles. The molecule has 0 spiro atoms. The van der Waals surface area contributed by atoms with Crippen LogP contribution in [0.4, 0.5) is 0 Å². The summed E-state index contributed by atoms with van der Waals surface area (Å²) < 4.78 is 14.1. The molecule has 1 aromatic rings. The number of amides is 1. The molecular weight excluding hydrogens is 271 g/mol. The monoisotopic (exact) mass is 292 g/mol. The Bertz CT molecular complexity index is 329. The Morgan fingerprint density at radius 3 is 1.79 bits per heavy atom. The van der Waals surface area contributed by atoms with Gasteiger partial charge in [-0.1, -0.05) is 36.4 Å². The van der Waals surface area contributed by atoms with Crippen LogP contribution in [0.15, 0.2) is 36.4 Å². The summed E-state index contributed by atoms with van der Waals surface area (Å²) in [6.45, 7) is 1.21. The fraction of sp³-hybridized carbons (Fsp3) is 0.364. The van der Waals surface area contributed by atoms with E-state index < -0.39 is 7.82 Å². The number of phosphoric ester groups is 1. The van der Waals surface area contributed by atoms with Crippen molar-refractivity contribution in [3.63, 3.8) is 0 Å². The molecule has 0 saturated heterocycles. The second-order valence-corrected chi connectivity index (χ2v) is 4.20. The predicted molar refractivity (Wildman–Crippen MR) is 73.2 cm³/mol. The van der Waals surface area contributed by atoms with Gasteiger partial charge in [-0.25, -0.2) is 4.57 Å². The van der Waals surface area contributed by atoms with E-state index in [1.54, 1.807) is 0 Å². The number of nitrogens with one attached hydrogen (secondary N) is 1. The van der Waals surface area contributed by atoms with Crippen molar-refractivity contribution in [2.75, 3.05) is 20.2 Å². The molecule has 0 atom stereocenters. The fourth-order valence-electron chi connectivity index (χ4n) is 0.777. The van der Waals surface area contributed by atoms with Gasteiger partial charge in [-0.3, -0.25) is 9.32 Å². The average Bonchev–Trinajstić information content (AvgIpc) is 2.39. The Morgan fingerprint density at radius 1 is 1.16 bits per heavy atom. The first kappa shape index (κ1) is 20.1. The summed E-state index contributed by atoms with van der Waals surface area (Å²) in [6.07, 6.45) is 0. The SMILES string of the molecule is CC(=O)NCCOP(=O)(O)O.CN.c1ccccc1. The summed E-state index contributed by atoms with van der Waals surface area (Å²) in [6, 6.07) is 12.0. The molecular formula is C11H21N2O5P. The maximum absolute atomic E-state index is 10.2. The molecule has 7 nitrogen and oxygen atoms in total. The molecule has 19 heavy (non-hydrogen) atoms. The van der Waals surface area contributed by atoms with Gasteiger partial charge in [-0.15, -0.1) is 0 Å². The van der Waals surface area contributed by atoms with Gasteiger partial charge in [0.25, 0.3) is 0 Å². The van der Waals surface area contributed by atoms with Crippen LogP contribution < -0.4 is 11.1 Å². The Kier molecular flexibility index (Phi) is 14.0. The number of hydrogen-bond acceptors (Lipinski definition) is 4. The molecule has 1 amide bonds. The zero-order chi connectivity index (χ0) is 15.1. The van der Waals surface area contributed by atoms with Crippen molar-refractivity contribution < 1.29 is 23.7 Å². The van der Waals surface area contributed by atoms with Gasteiger partial charge in [0, 0.05) is 13.5 Å². The van der Waals surface area contributed by atoms with Gasteiger partial charge in [-0.2, -0.15) is 0 Å². The third-order valence-corrected chi connectivity index (χ3v) is 1.92. The molecule has 1 rings (SSSR count). The maximum atomic E-state index is 10.2. The standard InChI is InChI=1S/C6H6.C4H10NO5P.CH5N/c1-2-4-6-5-3-1;1-4(6)5-2-3-10-11(7,8)9;1-2/h1-6H;2-3H2,1H3,(H,5,6)(H2,7,8,9);2H2,1H3. The van der Waals surface area contributed by atoms with E-state index in [-0.39, 0.29) is 19.1 Å². The van der Waals surface area contributed by atoms with E-state index in [4.69, 9.17) is 9.79 Å². The second-order valence-electron chi connectivity index (χ2n) is 2.96. The molecule has 8 heteroatoms. The molecule has 0 aliphatic carbocycles. The van der Waals surface area contributed by atoms with Gasteiger partial charge < -0.3 is 20.8 Å². The molecule has 5 N–H and O–H groups in total. The van der Waals surface area contributed by atoms with Crippen molar-refractivity contribution in [2.24, 2.45) is 5.73 Å². The lowest BCUT2D eigenvalue weighted by molar-refractivity contribution is -0.119. The summed E-state index contributed by atoms with van der Waals surface area (Å²) in [5.41, 5.74) is 4.50. The van der Waals surface area contributed by atoms with Gasteiger partial charge in [0.2, 0.25) is 5.91 Å². The minimum absolute atomic E-state index is 0.0977. The topological polar surface area (TPSA) is 122 Å². The quantitative estimate of drug-likeness (QED) is 0.473. The molecule has 0 bridgehead atoms. The van der Waals surface area contributed by atoms with Crippen LogP contribution in [0.2, 0.25) is 0 Å². The van der Waals surface area contributed by atoms with Gasteiger partial charge >= 0.3 is 7.82 Å². The molecule has 0 aliphatic heterocycles. The Balaban J connectivity index is 0. The minimum atomic E-state index is -4.38. The second kappa shape index (κ2) is 13.2. The molecule has 0 fully saturated rings. The third-order valence-electron chi connectivity index (χ3n) is 1.40. The van der Waals surface area contributed by atoms with E-state index in [1.165, 1.54) is 14.0 Å². The van der Waals surface area contributed by atoms with Crippen LogP contribution in [0, 0.1) is 0 Å². The number of hydrogen-bond donors (Lipinski definition) is 4. The molecule has 0 unspecified atom stereocenters. The van der Waals surface area contributed by atoms with Crippen LogP contribution in [0.5, 0.6) is 0 Å². The molecule has 110 valence electrons. The summed E-state index contributed by atoms with van der Waals surface area (Å²) in [7, 11) is -2.88. The lowest BCUT2D eigenvalue weighted by atomic mass is 10.4. The van der Waals surface area contributed by atoms with E-state index in [2.05, 4.69) is 15.6 Å². The minimum Gasteiger partial charge on any atom is -0.354 e. The highest BCUT2D eigenvalue weighted by atomic mass is 31.2. The van der Waals surface area contributed by atoms with Crippen LogP contribution in [-0.4, -0.2) is 35.9 Å². The number of carbonyl (C=O) groups excluding carboxylic acids is 1. The highest BCUT2D eigenvalue weighted by Crippen LogP contribution is 2.34. The fourth-order valence-corrected chi connectivity index (χ4v) is 1.11. The van der Waals surface area contributed by atoms with Crippen molar-refractivity contribution in [1.29, 1.82) is 0 Å². The van der Waals surface area contributed by atoms with Crippen LogP contribution in [-0.2, 0) is 13.9 Å². The summed E-state index contributed by atoms with van der Waals surface area (Å²) in [4.78, 5) is 26.5. The van der Waals surface area contributed by atoms with E-state index >= 15 is 0 Å². The van der Waals surface area contributed by atoms with Gasteiger partial charge in [0.1, 0.15) is 0 Å². The van der Waals surface area contributed by atoms with Crippen molar-refractivity contribution >= 4 is 13.7 Å². The Hall–Kier alpha value is -1.24. The first-order chi connectivity index (χ1) is 8.92. The van der Waals surface area contributed by atoms with Crippen LogP contribution in [0.1, 0.15) is 6.92 Å². The molecule has 0 saturated carbocycles. The first-order valence-electron chi connectivity index (χ1n) is 5.44. The highest BCUT2D eigenvalue weighted by Gasteiger charge is 2.12. The molecule has 0 radical (unpaired) electrons. The predicted octanol–water partition coefficient (Wildman–Crippen LogP) is 0.493. The lowest BCUT2D eigenvalue weighted by Gasteiger charge is -2.04. The number of rotatable bonds is 4. The largest absolute Gasteiger partial charge is 0.469 e. The van der Waals surface area contributed by atoms with Crippen LogP contribution in [0.25, 0.3) is 0 Å². The summed E-state index contributed by atoms with van der Waals surface area (Å²) in [5, 5.41) is 2.31. The first-order valence-corrected chi connectivity index (χ1v) is 6.97. The van der Waals surface area contributed by atoms with E-state index in [9.17, 15) is 9.36 Å². The zero-order valence-electron chi connectivity index (χ0n) is 11.0. The normalized spacial score (nSPS) is 9.32. The summed E-state index contributed by atoms with van der Waals surface area (Å²) in [5.74, 6) is -0.265. The molecule has 1 aromatic carbocycles.